The molecule has 0 fully saturated rings. The molecule has 0 saturated carbocycles. The summed E-state index contributed by atoms with van der Waals surface area (Å²) in [7, 11) is 0. The van der Waals surface area contributed by atoms with Gasteiger partial charge >= 0.3 is 0 Å². The molecule has 0 heterocycles. The molecular weight excluding hydrogens is 367 g/mol. The van der Waals surface area contributed by atoms with Gasteiger partial charge in [-0.1, -0.05) is 30.3 Å². The highest BCUT2D eigenvalue weighted by Gasteiger charge is 2.13. The summed E-state index contributed by atoms with van der Waals surface area (Å²) >= 11 is 5.68. The highest BCUT2D eigenvalue weighted by atomic mass is 35.5. The van der Waals surface area contributed by atoms with Crippen molar-refractivity contribution < 1.29 is 13.9 Å². The van der Waals surface area contributed by atoms with Gasteiger partial charge in [-0.2, -0.15) is 0 Å². The van der Waals surface area contributed by atoms with Gasteiger partial charge in [0.15, 0.2) is 0 Å². The highest BCUT2D eigenvalue weighted by molar-refractivity contribution is 6.22. The fraction of sp³-hybridized carbons (Fsp3) is 0.190. The van der Waals surface area contributed by atoms with Crippen LogP contribution in [0.5, 0.6) is 11.5 Å². The van der Waals surface area contributed by atoms with Crippen LogP contribution in [0, 0.1) is 0 Å². The molecule has 142 valence electrons. The number of alkyl halides is 1. The van der Waals surface area contributed by atoms with E-state index < -0.39 is 17.1 Å². The van der Waals surface area contributed by atoms with Crippen LogP contribution < -0.4 is 15.8 Å². The monoisotopic (exact) mass is 388 g/mol. The second-order valence-electron chi connectivity index (χ2n) is 5.98. The summed E-state index contributed by atoms with van der Waals surface area (Å²) in [6, 6.07) is 16.7. The normalized spacial score (nSPS) is 13.6. The van der Waals surface area contributed by atoms with E-state index in [9.17, 15) is 9.18 Å². The molecule has 0 aromatic heterocycles. The van der Waals surface area contributed by atoms with Crippen molar-refractivity contribution in [2.75, 3.05) is 0 Å². The number of benzene rings is 2. The van der Waals surface area contributed by atoms with E-state index in [4.69, 9.17) is 22.1 Å². The number of nitrogens with two attached hydrogens (primary N) is 1. The van der Waals surface area contributed by atoms with Crippen LogP contribution in [0.25, 0.3) is 0 Å². The summed E-state index contributed by atoms with van der Waals surface area (Å²) in [6.07, 6.45) is 1.07. The first-order chi connectivity index (χ1) is 12.9. The summed E-state index contributed by atoms with van der Waals surface area (Å²) in [5.41, 5.74) is 6.84. The third kappa shape index (κ3) is 6.46. The van der Waals surface area contributed by atoms with E-state index in [0.717, 1.165) is 17.4 Å². The third-order valence-corrected chi connectivity index (χ3v) is 3.90. The van der Waals surface area contributed by atoms with Gasteiger partial charge in [-0.05, 0) is 49.8 Å². The summed E-state index contributed by atoms with van der Waals surface area (Å²) in [5.74, 6) is 0.353. The molecule has 27 heavy (non-hydrogen) atoms. The van der Waals surface area contributed by atoms with Crippen LogP contribution in [-0.2, 0) is 11.3 Å². The molecule has 2 aromatic carbocycles. The maximum atomic E-state index is 13.7. The summed E-state index contributed by atoms with van der Waals surface area (Å²) in [5, 5.41) is 1.89. The molecule has 0 radical (unpaired) electrons. The Kier molecular flexibility index (Phi) is 7.44. The number of halogens is 2. The van der Waals surface area contributed by atoms with Crippen molar-refractivity contribution in [1.82, 2.24) is 5.32 Å². The van der Waals surface area contributed by atoms with Crippen LogP contribution in [0.3, 0.4) is 0 Å². The van der Waals surface area contributed by atoms with Crippen molar-refractivity contribution >= 4 is 17.5 Å². The largest absolute Gasteiger partial charge is 0.457 e. The van der Waals surface area contributed by atoms with E-state index in [1.54, 1.807) is 0 Å². The first-order valence-electron chi connectivity index (χ1n) is 8.44. The van der Waals surface area contributed by atoms with Gasteiger partial charge in [0.25, 0.3) is 5.91 Å². The Balaban J connectivity index is 1.98. The van der Waals surface area contributed by atoms with Gasteiger partial charge in [-0.15, -0.1) is 11.6 Å². The summed E-state index contributed by atoms with van der Waals surface area (Å²) < 4.78 is 19.4. The van der Waals surface area contributed by atoms with Gasteiger partial charge in [0.2, 0.25) is 0 Å². The van der Waals surface area contributed by atoms with E-state index >= 15 is 0 Å². The molecule has 2 rings (SSSR count). The van der Waals surface area contributed by atoms with Gasteiger partial charge in [-0.25, -0.2) is 4.39 Å². The Morgan fingerprint density at radius 2 is 1.78 bits per heavy atom. The molecule has 0 aliphatic heterocycles. The Bertz CT molecular complexity index is 827. The number of allylic oxidation sites excluding steroid dienone is 2. The first kappa shape index (κ1) is 20.5. The number of nitrogens with one attached hydrogen (secondary N) is 1. The van der Waals surface area contributed by atoms with Crippen LogP contribution >= 0.6 is 11.6 Å². The second kappa shape index (κ2) is 9.78. The van der Waals surface area contributed by atoms with E-state index in [-0.39, 0.29) is 17.8 Å². The van der Waals surface area contributed by atoms with Crippen molar-refractivity contribution in [2.24, 2.45) is 5.73 Å². The lowest BCUT2D eigenvalue weighted by Gasteiger charge is -2.10. The number of hydrogen-bond acceptors (Lipinski definition) is 3. The van der Waals surface area contributed by atoms with E-state index in [0.29, 0.717) is 5.75 Å². The summed E-state index contributed by atoms with van der Waals surface area (Å²) in [6.45, 7) is 3.29. The first-order valence-corrected chi connectivity index (χ1v) is 8.88. The number of ether oxygens (including phenoxy) is 1. The fourth-order valence-corrected chi connectivity index (χ4v) is 2.25. The minimum absolute atomic E-state index is 0.0593. The maximum Gasteiger partial charge on any atom is 0.253 e. The Labute approximate surface area is 163 Å². The quantitative estimate of drug-likeness (QED) is 0.406. The molecule has 4 nitrogen and oxygen atoms in total. The van der Waals surface area contributed by atoms with Crippen LogP contribution in [0.2, 0.25) is 0 Å². The number of hydrogen-bond donors (Lipinski definition) is 2. The second-order valence-corrected chi connectivity index (χ2v) is 6.64. The zero-order chi connectivity index (χ0) is 19.8. The van der Waals surface area contributed by atoms with Gasteiger partial charge in [0.1, 0.15) is 17.3 Å². The van der Waals surface area contributed by atoms with Gasteiger partial charge in [0.05, 0.1) is 11.0 Å². The SMILES string of the molecule is C/C(N)=C(\C=C(\F)C(C)Cl)C(=O)NCc1ccc(Oc2ccccc2)cc1. The Morgan fingerprint density at radius 3 is 2.33 bits per heavy atom. The standard InChI is InChI=1S/C21H22ClFN2O2/c1-14(22)20(23)12-19(15(2)24)21(26)25-13-16-8-10-18(11-9-16)27-17-6-4-3-5-7-17/h3-12,14H,13,24H2,1-2H3,(H,25,26)/b19-15-,20-12+. The lowest BCUT2D eigenvalue weighted by molar-refractivity contribution is -0.117. The molecule has 6 heteroatoms. The van der Waals surface area contributed by atoms with Crippen LogP contribution in [0.4, 0.5) is 4.39 Å². The van der Waals surface area contributed by atoms with Crippen molar-refractivity contribution in [1.29, 1.82) is 0 Å². The minimum Gasteiger partial charge on any atom is -0.457 e. The Morgan fingerprint density at radius 1 is 1.19 bits per heavy atom. The van der Waals surface area contributed by atoms with Crippen molar-refractivity contribution in [3.63, 3.8) is 0 Å². The average Bonchev–Trinajstić information content (AvgIpc) is 2.65. The molecule has 0 aliphatic carbocycles. The molecule has 0 bridgehead atoms. The molecule has 0 spiro atoms. The average molecular weight is 389 g/mol. The van der Waals surface area contributed by atoms with Crippen LogP contribution in [0.1, 0.15) is 19.4 Å². The van der Waals surface area contributed by atoms with E-state index in [2.05, 4.69) is 5.32 Å². The smallest absolute Gasteiger partial charge is 0.253 e. The zero-order valence-corrected chi connectivity index (χ0v) is 16.0. The zero-order valence-electron chi connectivity index (χ0n) is 15.2. The summed E-state index contributed by atoms with van der Waals surface area (Å²) in [4.78, 5) is 12.3. The number of carbonyl (C=O) groups excluding carboxylic acids is 1. The fourth-order valence-electron chi connectivity index (χ4n) is 2.19. The molecule has 1 amide bonds. The molecule has 0 aliphatic rings. The molecular formula is C21H22ClFN2O2. The van der Waals surface area contributed by atoms with Gasteiger partial charge in [-0.3, -0.25) is 4.79 Å². The number of para-hydroxylation sites is 1. The highest BCUT2D eigenvalue weighted by Crippen LogP contribution is 2.21. The minimum atomic E-state index is -0.829. The lowest BCUT2D eigenvalue weighted by Crippen LogP contribution is -2.26. The van der Waals surface area contributed by atoms with Gasteiger partial charge in [0, 0.05) is 12.2 Å². The molecule has 1 atom stereocenters. The number of carbonyl (C=O) groups is 1. The Hall–Kier alpha value is -2.79. The number of amides is 1. The molecule has 1 unspecified atom stereocenters. The third-order valence-electron chi connectivity index (χ3n) is 3.69. The maximum absolute atomic E-state index is 13.7. The van der Waals surface area contributed by atoms with Crippen LogP contribution in [-0.4, -0.2) is 11.3 Å². The predicted molar refractivity (Wildman–Crippen MR) is 106 cm³/mol. The predicted octanol–water partition coefficient (Wildman–Crippen LogP) is 4.81. The van der Waals surface area contributed by atoms with E-state index in [1.165, 1.54) is 13.8 Å². The van der Waals surface area contributed by atoms with Crippen molar-refractivity contribution in [2.45, 2.75) is 25.8 Å². The lowest BCUT2D eigenvalue weighted by atomic mass is 10.1. The molecule has 0 saturated heterocycles. The number of rotatable bonds is 7. The van der Waals surface area contributed by atoms with Crippen molar-refractivity contribution in [3.05, 3.63) is 83.3 Å². The molecule has 3 N–H and O–H groups in total. The molecule has 2 aromatic rings. The van der Waals surface area contributed by atoms with Crippen molar-refractivity contribution in [3.8, 4) is 11.5 Å². The van der Waals surface area contributed by atoms with Crippen LogP contribution in [0.15, 0.2) is 77.8 Å². The van der Waals surface area contributed by atoms with Gasteiger partial charge < -0.3 is 15.8 Å². The van der Waals surface area contributed by atoms with E-state index in [1.807, 2.05) is 54.6 Å². The topological polar surface area (TPSA) is 64.4 Å².